The van der Waals surface area contributed by atoms with Crippen molar-refractivity contribution in [3.05, 3.63) is 46.2 Å². The summed E-state index contributed by atoms with van der Waals surface area (Å²) in [5, 5.41) is 7.32. The fraction of sp³-hybridized carbons (Fsp3) is 0.450. The topological polar surface area (TPSA) is 35.6 Å². The molecule has 1 aliphatic carbocycles. The van der Waals surface area contributed by atoms with Crippen molar-refractivity contribution in [2.75, 3.05) is 42.9 Å². The third-order valence-electron chi connectivity index (χ3n) is 5.39. The van der Waals surface area contributed by atoms with Crippen LogP contribution in [0.15, 0.2) is 35.0 Å². The van der Waals surface area contributed by atoms with Gasteiger partial charge in [-0.05, 0) is 53.5 Å². The number of aryl methyl sites for hydroxylation is 1. The molecule has 2 aliphatic rings. The van der Waals surface area contributed by atoms with Gasteiger partial charge in [0, 0.05) is 56.4 Å². The van der Waals surface area contributed by atoms with Gasteiger partial charge in [0.25, 0.3) is 0 Å². The SMILES string of the molecule is CC(=O)Nc1ccc2c(c1)C(CN1CCN(c3ccsc3)CC1)CC2. The van der Waals surface area contributed by atoms with Crippen molar-refractivity contribution in [3.8, 4) is 0 Å². The van der Waals surface area contributed by atoms with Crippen LogP contribution in [0.2, 0.25) is 0 Å². The van der Waals surface area contributed by atoms with Crippen molar-refractivity contribution in [2.45, 2.75) is 25.7 Å². The van der Waals surface area contributed by atoms with Crippen molar-refractivity contribution < 1.29 is 4.79 Å². The Hall–Kier alpha value is -1.85. The highest BCUT2D eigenvalue weighted by atomic mass is 32.1. The second-order valence-corrected chi connectivity index (χ2v) is 7.88. The van der Waals surface area contributed by atoms with Crippen LogP contribution in [0.25, 0.3) is 0 Å². The van der Waals surface area contributed by atoms with Crippen molar-refractivity contribution >= 4 is 28.6 Å². The van der Waals surface area contributed by atoms with Gasteiger partial charge >= 0.3 is 0 Å². The number of carbonyl (C=O) groups excluding carboxylic acids is 1. The van der Waals surface area contributed by atoms with Crippen molar-refractivity contribution in [1.29, 1.82) is 0 Å². The third-order valence-corrected chi connectivity index (χ3v) is 6.06. The van der Waals surface area contributed by atoms with E-state index in [1.807, 2.05) is 6.07 Å². The summed E-state index contributed by atoms with van der Waals surface area (Å²) in [6.45, 7) is 7.19. The van der Waals surface area contributed by atoms with Gasteiger partial charge < -0.3 is 10.2 Å². The molecule has 4 nitrogen and oxygen atoms in total. The van der Waals surface area contributed by atoms with Gasteiger partial charge in [0.15, 0.2) is 0 Å². The van der Waals surface area contributed by atoms with Crippen LogP contribution in [-0.4, -0.2) is 43.5 Å². The first-order valence-electron chi connectivity index (χ1n) is 9.09. The standard InChI is InChI=1S/C20H25N3OS/c1-15(24)21-18-5-4-16-2-3-17(20(16)12-18)13-22-7-9-23(10-8-22)19-6-11-25-14-19/h4-6,11-12,14,17H,2-3,7-10,13H2,1H3,(H,21,24). The average molecular weight is 356 g/mol. The molecule has 1 amide bonds. The summed E-state index contributed by atoms with van der Waals surface area (Å²) < 4.78 is 0. The summed E-state index contributed by atoms with van der Waals surface area (Å²) in [7, 11) is 0. The molecule has 0 radical (unpaired) electrons. The molecular weight excluding hydrogens is 330 g/mol. The van der Waals surface area contributed by atoms with Crippen LogP contribution in [0.3, 0.4) is 0 Å². The lowest BCUT2D eigenvalue weighted by molar-refractivity contribution is -0.114. The highest BCUT2D eigenvalue weighted by Gasteiger charge is 2.26. The number of anilines is 2. The van der Waals surface area contributed by atoms with Gasteiger partial charge in [-0.15, -0.1) is 0 Å². The molecule has 1 fully saturated rings. The fourth-order valence-corrected chi connectivity index (χ4v) is 4.76. The molecule has 5 heteroatoms. The monoisotopic (exact) mass is 355 g/mol. The second kappa shape index (κ2) is 7.18. The molecule has 2 aromatic rings. The van der Waals surface area contributed by atoms with E-state index in [0.717, 1.165) is 44.8 Å². The maximum atomic E-state index is 11.3. The van der Waals surface area contributed by atoms with Crippen LogP contribution >= 0.6 is 11.3 Å². The molecular formula is C20H25N3OS. The summed E-state index contributed by atoms with van der Waals surface area (Å²) in [5.41, 5.74) is 5.19. The number of rotatable bonds is 4. The predicted octanol–water partition coefficient (Wildman–Crippen LogP) is 3.56. The normalized spacial score (nSPS) is 20.5. The van der Waals surface area contributed by atoms with E-state index in [2.05, 4.69) is 44.1 Å². The van der Waals surface area contributed by atoms with E-state index >= 15 is 0 Å². The van der Waals surface area contributed by atoms with Gasteiger partial charge in [0.2, 0.25) is 5.91 Å². The summed E-state index contributed by atoms with van der Waals surface area (Å²) >= 11 is 1.77. The zero-order valence-electron chi connectivity index (χ0n) is 14.7. The Morgan fingerprint density at radius 3 is 2.80 bits per heavy atom. The average Bonchev–Trinajstić information content (AvgIpc) is 3.26. The second-order valence-electron chi connectivity index (χ2n) is 7.10. The summed E-state index contributed by atoms with van der Waals surface area (Å²) in [5.74, 6) is 0.593. The molecule has 4 rings (SSSR count). The first-order valence-corrected chi connectivity index (χ1v) is 10.0. The van der Waals surface area contributed by atoms with E-state index in [4.69, 9.17) is 0 Å². The molecule has 1 N–H and O–H groups in total. The molecule has 1 atom stereocenters. The Balaban J connectivity index is 1.38. The van der Waals surface area contributed by atoms with Crippen molar-refractivity contribution in [1.82, 2.24) is 4.90 Å². The molecule has 0 bridgehead atoms. The largest absolute Gasteiger partial charge is 0.368 e. The molecule has 1 aromatic carbocycles. The smallest absolute Gasteiger partial charge is 0.221 e. The zero-order valence-corrected chi connectivity index (χ0v) is 15.5. The Morgan fingerprint density at radius 2 is 2.08 bits per heavy atom. The van der Waals surface area contributed by atoms with E-state index in [1.54, 1.807) is 18.3 Å². The fourth-order valence-electron chi connectivity index (χ4n) is 4.10. The zero-order chi connectivity index (χ0) is 17.2. The number of hydrogen-bond acceptors (Lipinski definition) is 4. The Kier molecular flexibility index (Phi) is 4.77. The van der Waals surface area contributed by atoms with Gasteiger partial charge in [-0.2, -0.15) is 11.3 Å². The molecule has 1 saturated heterocycles. The minimum absolute atomic E-state index is 0.000880. The number of thiophene rings is 1. The molecule has 1 unspecified atom stereocenters. The molecule has 25 heavy (non-hydrogen) atoms. The number of nitrogens with one attached hydrogen (secondary N) is 1. The van der Waals surface area contributed by atoms with Crippen LogP contribution in [0.4, 0.5) is 11.4 Å². The number of hydrogen-bond donors (Lipinski definition) is 1. The summed E-state index contributed by atoms with van der Waals surface area (Å²) in [6, 6.07) is 8.63. The van der Waals surface area contributed by atoms with Crippen molar-refractivity contribution in [2.24, 2.45) is 0 Å². The van der Waals surface area contributed by atoms with Crippen LogP contribution in [-0.2, 0) is 11.2 Å². The van der Waals surface area contributed by atoms with E-state index in [9.17, 15) is 4.79 Å². The summed E-state index contributed by atoms with van der Waals surface area (Å²) in [6.07, 6.45) is 2.39. The number of piperazine rings is 1. The van der Waals surface area contributed by atoms with E-state index in [-0.39, 0.29) is 5.91 Å². The van der Waals surface area contributed by atoms with Gasteiger partial charge in [-0.25, -0.2) is 0 Å². The van der Waals surface area contributed by atoms with Gasteiger partial charge in [-0.3, -0.25) is 9.69 Å². The highest BCUT2D eigenvalue weighted by molar-refractivity contribution is 7.08. The Labute approximate surface area is 153 Å². The van der Waals surface area contributed by atoms with Crippen LogP contribution < -0.4 is 10.2 Å². The quantitative estimate of drug-likeness (QED) is 0.911. The molecule has 2 heterocycles. The number of nitrogens with zero attached hydrogens (tertiary/aromatic N) is 2. The maximum Gasteiger partial charge on any atom is 0.221 e. The first-order chi connectivity index (χ1) is 12.2. The Morgan fingerprint density at radius 1 is 1.24 bits per heavy atom. The number of benzene rings is 1. The molecule has 0 spiro atoms. The van der Waals surface area contributed by atoms with Gasteiger partial charge in [0.05, 0.1) is 0 Å². The lowest BCUT2D eigenvalue weighted by Crippen LogP contribution is -2.47. The third kappa shape index (κ3) is 3.72. The van der Waals surface area contributed by atoms with Crippen LogP contribution in [0, 0.1) is 0 Å². The lowest BCUT2D eigenvalue weighted by atomic mass is 9.99. The summed E-state index contributed by atoms with van der Waals surface area (Å²) in [4.78, 5) is 16.4. The maximum absolute atomic E-state index is 11.3. The molecule has 0 saturated carbocycles. The number of carbonyl (C=O) groups is 1. The van der Waals surface area contributed by atoms with Gasteiger partial charge in [0.1, 0.15) is 0 Å². The van der Waals surface area contributed by atoms with Crippen molar-refractivity contribution in [3.63, 3.8) is 0 Å². The highest BCUT2D eigenvalue weighted by Crippen LogP contribution is 2.35. The van der Waals surface area contributed by atoms with Crippen LogP contribution in [0.5, 0.6) is 0 Å². The van der Waals surface area contributed by atoms with Gasteiger partial charge in [-0.1, -0.05) is 6.07 Å². The Bertz CT molecular complexity index is 735. The van der Waals surface area contributed by atoms with E-state index < -0.39 is 0 Å². The van der Waals surface area contributed by atoms with E-state index in [0.29, 0.717) is 5.92 Å². The lowest BCUT2D eigenvalue weighted by Gasteiger charge is -2.36. The minimum atomic E-state index is -0.000880. The van der Waals surface area contributed by atoms with Crippen LogP contribution in [0.1, 0.15) is 30.4 Å². The molecule has 1 aromatic heterocycles. The molecule has 1 aliphatic heterocycles. The number of fused-ring (bicyclic) bond motifs is 1. The first kappa shape index (κ1) is 16.6. The predicted molar refractivity (Wildman–Crippen MR) is 105 cm³/mol. The van der Waals surface area contributed by atoms with E-state index in [1.165, 1.54) is 23.2 Å². The minimum Gasteiger partial charge on any atom is -0.368 e. The molecule has 132 valence electrons. The number of amides is 1.